The van der Waals surface area contributed by atoms with Crippen molar-refractivity contribution in [3.05, 3.63) is 0 Å². The van der Waals surface area contributed by atoms with Crippen LogP contribution in [0.4, 0.5) is 0 Å². The average Bonchev–Trinajstić information content (AvgIpc) is 1.96. The summed E-state index contributed by atoms with van der Waals surface area (Å²) in [5.41, 5.74) is 0. The van der Waals surface area contributed by atoms with Crippen LogP contribution in [0.5, 0.6) is 0 Å². The minimum atomic E-state index is -2.07. The van der Waals surface area contributed by atoms with E-state index in [0.29, 0.717) is 6.61 Å². The summed E-state index contributed by atoms with van der Waals surface area (Å²) in [7, 11) is 0. The van der Waals surface area contributed by atoms with Gasteiger partial charge in [0.25, 0.3) is 0 Å². The summed E-state index contributed by atoms with van der Waals surface area (Å²) in [6.07, 6.45) is 4.37. The summed E-state index contributed by atoms with van der Waals surface area (Å²) in [4.78, 5) is 0. The fourth-order valence-electron chi connectivity index (χ4n) is 0.680. The van der Waals surface area contributed by atoms with Gasteiger partial charge in [-0.1, -0.05) is 35.4 Å². The van der Waals surface area contributed by atoms with E-state index in [-0.39, 0.29) is 0 Å². The molecule has 0 amide bonds. The first-order valence-corrected chi connectivity index (χ1v) is 6.13. The topological polar surface area (TPSA) is 46.5 Å². The maximum atomic E-state index is 9.98. The quantitative estimate of drug-likeness (QED) is 0.338. The van der Waals surface area contributed by atoms with Crippen LogP contribution in [0.3, 0.4) is 0 Å². The molecule has 68 valence electrons. The molecule has 0 aliphatic heterocycles. The van der Waals surface area contributed by atoms with Crippen LogP contribution in [0, 0.1) is 0 Å². The van der Waals surface area contributed by atoms with Crippen molar-refractivity contribution in [2.75, 3.05) is 11.0 Å². The molecule has 0 bridgehead atoms. The SMILES string of the molecule is O=S(O)OCCCCCCI. The predicted molar refractivity (Wildman–Crippen MR) is 54.1 cm³/mol. The fourth-order valence-corrected chi connectivity index (χ4v) is 1.48. The Labute approximate surface area is 83.5 Å². The van der Waals surface area contributed by atoms with Crippen molar-refractivity contribution in [3.8, 4) is 0 Å². The number of hydrogen-bond donors (Lipinski definition) is 1. The summed E-state index contributed by atoms with van der Waals surface area (Å²) in [6, 6.07) is 0. The number of halogens is 1. The average molecular weight is 292 g/mol. The van der Waals surface area contributed by atoms with Gasteiger partial charge in [-0.15, -0.1) is 0 Å². The molecule has 0 aromatic carbocycles. The number of hydrogen-bond acceptors (Lipinski definition) is 2. The lowest BCUT2D eigenvalue weighted by Crippen LogP contribution is -1.97. The normalized spacial score (nSPS) is 13.3. The van der Waals surface area contributed by atoms with Crippen molar-refractivity contribution in [1.29, 1.82) is 0 Å². The van der Waals surface area contributed by atoms with E-state index in [0.717, 1.165) is 12.8 Å². The molecule has 0 aromatic heterocycles. The van der Waals surface area contributed by atoms with E-state index in [4.69, 9.17) is 4.55 Å². The summed E-state index contributed by atoms with van der Waals surface area (Å²) < 4.78 is 23.8. The van der Waals surface area contributed by atoms with E-state index in [2.05, 4.69) is 26.8 Å². The number of rotatable bonds is 7. The highest BCUT2D eigenvalue weighted by Gasteiger charge is 1.92. The molecule has 1 unspecified atom stereocenters. The first kappa shape index (κ1) is 11.8. The van der Waals surface area contributed by atoms with E-state index < -0.39 is 11.4 Å². The molecule has 0 saturated carbocycles. The molecular weight excluding hydrogens is 279 g/mol. The van der Waals surface area contributed by atoms with Crippen molar-refractivity contribution >= 4 is 34.0 Å². The third kappa shape index (κ3) is 10.8. The van der Waals surface area contributed by atoms with Crippen molar-refractivity contribution in [1.82, 2.24) is 0 Å². The number of unbranched alkanes of at least 4 members (excludes halogenated alkanes) is 3. The Balaban J connectivity index is 2.85. The van der Waals surface area contributed by atoms with Crippen LogP contribution in [0.1, 0.15) is 25.7 Å². The van der Waals surface area contributed by atoms with E-state index in [1.54, 1.807) is 0 Å². The van der Waals surface area contributed by atoms with Gasteiger partial charge in [-0.05, 0) is 17.3 Å². The number of alkyl halides is 1. The van der Waals surface area contributed by atoms with Crippen LogP contribution in [-0.4, -0.2) is 19.8 Å². The van der Waals surface area contributed by atoms with Gasteiger partial charge in [0.15, 0.2) is 0 Å². The molecule has 0 rings (SSSR count). The lowest BCUT2D eigenvalue weighted by molar-refractivity contribution is 0.297. The summed E-state index contributed by atoms with van der Waals surface area (Å²) in [6.45, 7) is 0.393. The predicted octanol–water partition coefficient (Wildman–Crippen LogP) is 2.14. The zero-order valence-electron chi connectivity index (χ0n) is 6.29. The lowest BCUT2D eigenvalue weighted by Gasteiger charge is -1.97. The maximum absolute atomic E-state index is 9.98. The Bertz CT molecular complexity index is 110. The second-order valence-corrected chi connectivity index (χ2v) is 3.89. The second-order valence-electron chi connectivity index (χ2n) is 2.14. The van der Waals surface area contributed by atoms with Gasteiger partial charge in [0.05, 0.1) is 6.61 Å². The monoisotopic (exact) mass is 292 g/mol. The van der Waals surface area contributed by atoms with Gasteiger partial charge in [0.1, 0.15) is 0 Å². The van der Waals surface area contributed by atoms with Gasteiger partial charge < -0.3 is 0 Å². The zero-order valence-corrected chi connectivity index (χ0v) is 9.27. The van der Waals surface area contributed by atoms with Gasteiger partial charge in [0.2, 0.25) is 0 Å². The highest BCUT2D eigenvalue weighted by atomic mass is 127. The molecule has 0 fully saturated rings. The molecule has 3 nitrogen and oxygen atoms in total. The standard InChI is InChI=1S/C6H13IO3S/c7-5-3-1-2-4-6-10-11(8)9/h1-6H2,(H,8,9). The Kier molecular flexibility index (Phi) is 9.54. The van der Waals surface area contributed by atoms with Crippen molar-refractivity contribution in [2.45, 2.75) is 25.7 Å². The first-order chi connectivity index (χ1) is 5.27. The zero-order chi connectivity index (χ0) is 8.53. The molecule has 1 atom stereocenters. The summed E-state index contributed by atoms with van der Waals surface area (Å²) in [5, 5.41) is 0. The molecular formula is C6H13IO3S. The minimum Gasteiger partial charge on any atom is -0.284 e. The van der Waals surface area contributed by atoms with Crippen LogP contribution >= 0.6 is 22.6 Å². The third-order valence-corrected chi connectivity index (χ3v) is 2.34. The molecule has 1 N–H and O–H groups in total. The smallest absolute Gasteiger partial charge is 0.284 e. The molecule has 0 aliphatic rings. The van der Waals surface area contributed by atoms with Crippen molar-refractivity contribution < 1.29 is 12.9 Å². The van der Waals surface area contributed by atoms with Gasteiger partial charge >= 0.3 is 11.4 Å². The summed E-state index contributed by atoms with van der Waals surface area (Å²) >= 11 is 0.265. The maximum Gasteiger partial charge on any atom is 0.301 e. The van der Waals surface area contributed by atoms with Crippen LogP contribution in [0.15, 0.2) is 0 Å². The molecule has 0 heterocycles. The van der Waals surface area contributed by atoms with E-state index >= 15 is 0 Å². The molecule has 11 heavy (non-hydrogen) atoms. The van der Waals surface area contributed by atoms with Crippen LogP contribution in [-0.2, 0) is 15.5 Å². The van der Waals surface area contributed by atoms with E-state index in [1.165, 1.54) is 17.3 Å². The van der Waals surface area contributed by atoms with Crippen molar-refractivity contribution in [2.24, 2.45) is 0 Å². The molecule has 5 heteroatoms. The second kappa shape index (κ2) is 8.89. The van der Waals surface area contributed by atoms with Gasteiger partial charge in [-0.2, -0.15) is 4.21 Å². The minimum absolute atomic E-state index is 0.393. The largest absolute Gasteiger partial charge is 0.301 e. The molecule has 0 aliphatic carbocycles. The molecule has 0 spiro atoms. The lowest BCUT2D eigenvalue weighted by atomic mass is 10.2. The third-order valence-electron chi connectivity index (χ3n) is 1.21. The van der Waals surface area contributed by atoms with E-state index in [9.17, 15) is 4.21 Å². The van der Waals surface area contributed by atoms with Gasteiger partial charge in [0, 0.05) is 0 Å². The molecule has 0 saturated heterocycles. The van der Waals surface area contributed by atoms with Gasteiger partial charge in [-0.25, -0.2) is 0 Å². The highest BCUT2D eigenvalue weighted by Crippen LogP contribution is 2.02. The van der Waals surface area contributed by atoms with Crippen LogP contribution in [0.25, 0.3) is 0 Å². The Morgan fingerprint density at radius 1 is 1.27 bits per heavy atom. The van der Waals surface area contributed by atoms with E-state index in [1.807, 2.05) is 0 Å². The Hall–Kier alpha value is 0.800. The Morgan fingerprint density at radius 2 is 1.91 bits per heavy atom. The van der Waals surface area contributed by atoms with Crippen molar-refractivity contribution in [3.63, 3.8) is 0 Å². The summed E-state index contributed by atoms with van der Waals surface area (Å²) in [5.74, 6) is 0. The Morgan fingerprint density at radius 3 is 2.45 bits per heavy atom. The fraction of sp³-hybridized carbons (Fsp3) is 1.00. The highest BCUT2D eigenvalue weighted by molar-refractivity contribution is 14.1. The molecule has 0 aromatic rings. The van der Waals surface area contributed by atoms with Gasteiger partial charge in [-0.3, -0.25) is 8.74 Å². The van der Waals surface area contributed by atoms with Crippen LogP contribution in [0.2, 0.25) is 0 Å². The first-order valence-electron chi connectivity index (χ1n) is 3.57. The molecule has 0 radical (unpaired) electrons. The van der Waals surface area contributed by atoms with Crippen LogP contribution < -0.4 is 0 Å².